The number of methoxy groups -OCH3 is 1. The van der Waals surface area contributed by atoms with E-state index < -0.39 is 6.29 Å². The Morgan fingerprint density at radius 2 is 2.31 bits per heavy atom. The third-order valence-electron chi connectivity index (χ3n) is 2.58. The van der Waals surface area contributed by atoms with Gasteiger partial charge in [0, 0.05) is 5.56 Å². The summed E-state index contributed by atoms with van der Waals surface area (Å²) in [4.78, 5) is 0. The molecule has 4 nitrogen and oxygen atoms in total. The first-order valence-electron chi connectivity index (χ1n) is 4.90. The maximum absolute atomic E-state index is 9.41. The fourth-order valence-corrected chi connectivity index (χ4v) is 1.86. The van der Waals surface area contributed by atoms with Crippen molar-refractivity contribution in [1.29, 1.82) is 0 Å². The normalized spacial score (nSPS) is 18.2. The molecule has 1 atom stereocenters. The summed E-state index contributed by atoms with van der Waals surface area (Å²) in [6.07, 6.45) is 4.05. The van der Waals surface area contributed by atoms with Gasteiger partial charge in [0.25, 0.3) is 0 Å². The molecule has 82 valence electrons. The lowest BCUT2D eigenvalue weighted by Gasteiger charge is -2.18. The molecule has 0 aliphatic carbocycles. The van der Waals surface area contributed by atoms with Gasteiger partial charge in [-0.25, -0.2) is 0 Å². The van der Waals surface area contributed by atoms with Crippen molar-refractivity contribution < 1.29 is 19.0 Å². The van der Waals surface area contributed by atoms with Crippen molar-refractivity contribution in [3.05, 3.63) is 30.0 Å². The van der Waals surface area contributed by atoms with Crippen LogP contribution in [0.25, 0.3) is 17.0 Å². The Kier molecular flexibility index (Phi) is 1.91. The van der Waals surface area contributed by atoms with Gasteiger partial charge in [0.15, 0.2) is 11.3 Å². The van der Waals surface area contributed by atoms with E-state index in [9.17, 15) is 5.11 Å². The lowest BCUT2D eigenvalue weighted by Crippen LogP contribution is -2.15. The quantitative estimate of drug-likeness (QED) is 0.796. The molecule has 0 spiro atoms. The molecular formula is C12H10O4. The number of benzene rings is 1. The average molecular weight is 218 g/mol. The number of furan rings is 1. The molecule has 1 aromatic carbocycles. The molecule has 0 fully saturated rings. The van der Waals surface area contributed by atoms with E-state index in [0.29, 0.717) is 17.1 Å². The molecular weight excluding hydrogens is 208 g/mol. The topological polar surface area (TPSA) is 51.8 Å². The number of rotatable bonds is 1. The van der Waals surface area contributed by atoms with Crippen molar-refractivity contribution in [2.45, 2.75) is 6.29 Å². The molecule has 1 unspecified atom stereocenters. The predicted molar refractivity (Wildman–Crippen MR) is 58.4 cm³/mol. The van der Waals surface area contributed by atoms with E-state index in [1.165, 1.54) is 0 Å². The second-order valence-corrected chi connectivity index (χ2v) is 3.53. The van der Waals surface area contributed by atoms with Crippen LogP contribution in [-0.2, 0) is 0 Å². The minimum absolute atomic E-state index is 0.625. The Bertz CT molecular complexity index is 568. The van der Waals surface area contributed by atoms with Crippen molar-refractivity contribution in [1.82, 2.24) is 0 Å². The minimum atomic E-state index is -0.904. The Labute approximate surface area is 91.7 Å². The maximum atomic E-state index is 9.41. The Hall–Kier alpha value is -1.94. The van der Waals surface area contributed by atoms with Crippen molar-refractivity contribution in [3.8, 4) is 11.5 Å². The van der Waals surface area contributed by atoms with Crippen LogP contribution in [0, 0.1) is 0 Å². The molecule has 1 aromatic heterocycles. The summed E-state index contributed by atoms with van der Waals surface area (Å²) in [6.45, 7) is 0. The molecule has 0 saturated heterocycles. The van der Waals surface area contributed by atoms with Gasteiger partial charge in [0.2, 0.25) is 6.29 Å². The van der Waals surface area contributed by atoms with Gasteiger partial charge in [0.05, 0.1) is 18.8 Å². The summed E-state index contributed by atoms with van der Waals surface area (Å²) in [5.41, 5.74) is 1.50. The Morgan fingerprint density at radius 3 is 3.12 bits per heavy atom. The molecule has 0 amide bonds. The smallest absolute Gasteiger partial charge is 0.217 e. The zero-order chi connectivity index (χ0) is 11.1. The molecule has 2 aromatic rings. The van der Waals surface area contributed by atoms with E-state index in [1.54, 1.807) is 31.6 Å². The standard InChI is InChI=1S/C12H10O4/c1-14-9-6-7-2-3-10(13)16-11(7)8-4-5-15-12(8)9/h2-6,10,13H,1H3. The maximum Gasteiger partial charge on any atom is 0.217 e. The first-order valence-corrected chi connectivity index (χ1v) is 4.90. The minimum Gasteiger partial charge on any atom is -0.493 e. The van der Waals surface area contributed by atoms with Crippen LogP contribution < -0.4 is 9.47 Å². The van der Waals surface area contributed by atoms with Gasteiger partial charge >= 0.3 is 0 Å². The summed E-state index contributed by atoms with van der Waals surface area (Å²) >= 11 is 0. The summed E-state index contributed by atoms with van der Waals surface area (Å²) in [5, 5.41) is 10.2. The third-order valence-corrected chi connectivity index (χ3v) is 2.58. The van der Waals surface area contributed by atoms with Crippen LogP contribution in [0.3, 0.4) is 0 Å². The van der Waals surface area contributed by atoms with Crippen molar-refractivity contribution >= 4 is 17.0 Å². The van der Waals surface area contributed by atoms with E-state index in [1.807, 2.05) is 6.07 Å². The van der Waals surface area contributed by atoms with E-state index in [4.69, 9.17) is 13.9 Å². The van der Waals surface area contributed by atoms with Crippen LogP contribution in [0.5, 0.6) is 11.5 Å². The van der Waals surface area contributed by atoms with Crippen LogP contribution in [-0.4, -0.2) is 18.5 Å². The Balaban J connectivity index is 2.34. The number of hydrogen-bond acceptors (Lipinski definition) is 4. The highest BCUT2D eigenvalue weighted by atomic mass is 16.6. The van der Waals surface area contributed by atoms with E-state index >= 15 is 0 Å². The van der Waals surface area contributed by atoms with Gasteiger partial charge in [-0.15, -0.1) is 0 Å². The second kappa shape index (κ2) is 3.28. The molecule has 0 radical (unpaired) electrons. The summed E-state index contributed by atoms with van der Waals surface area (Å²) in [5.74, 6) is 1.28. The molecule has 2 heterocycles. The highest BCUT2D eigenvalue weighted by Crippen LogP contribution is 2.40. The third kappa shape index (κ3) is 1.20. The number of fused-ring (bicyclic) bond motifs is 3. The number of aliphatic hydroxyl groups excluding tert-OH is 1. The van der Waals surface area contributed by atoms with E-state index in [-0.39, 0.29) is 0 Å². The van der Waals surface area contributed by atoms with Gasteiger partial charge in [-0.3, -0.25) is 0 Å². The van der Waals surface area contributed by atoms with Crippen LogP contribution in [0.2, 0.25) is 0 Å². The lowest BCUT2D eigenvalue weighted by atomic mass is 10.1. The van der Waals surface area contributed by atoms with Gasteiger partial charge in [-0.2, -0.15) is 0 Å². The van der Waals surface area contributed by atoms with Gasteiger partial charge in [-0.1, -0.05) is 0 Å². The van der Waals surface area contributed by atoms with Crippen LogP contribution in [0.1, 0.15) is 5.56 Å². The highest BCUT2D eigenvalue weighted by Gasteiger charge is 2.19. The van der Waals surface area contributed by atoms with E-state index in [0.717, 1.165) is 10.9 Å². The number of aliphatic hydroxyl groups is 1. The molecule has 1 aliphatic heterocycles. The van der Waals surface area contributed by atoms with Crippen molar-refractivity contribution in [3.63, 3.8) is 0 Å². The number of ether oxygens (including phenoxy) is 2. The molecule has 0 saturated carbocycles. The largest absolute Gasteiger partial charge is 0.493 e. The van der Waals surface area contributed by atoms with E-state index in [2.05, 4.69) is 0 Å². The fourth-order valence-electron chi connectivity index (χ4n) is 1.86. The SMILES string of the molecule is COc1cc2c(c3ccoc13)OC(O)C=C2. The highest BCUT2D eigenvalue weighted by molar-refractivity contribution is 5.93. The fraction of sp³-hybridized carbons (Fsp3) is 0.167. The van der Waals surface area contributed by atoms with Crippen molar-refractivity contribution in [2.75, 3.05) is 7.11 Å². The van der Waals surface area contributed by atoms with Gasteiger partial charge in [-0.05, 0) is 24.3 Å². The zero-order valence-electron chi connectivity index (χ0n) is 8.64. The first kappa shape index (κ1) is 9.30. The van der Waals surface area contributed by atoms with Gasteiger partial charge < -0.3 is 19.0 Å². The van der Waals surface area contributed by atoms with Gasteiger partial charge in [0.1, 0.15) is 5.75 Å². The first-order chi connectivity index (χ1) is 7.79. The lowest BCUT2D eigenvalue weighted by molar-refractivity contribution is 0.0243. The molecule has 1 N–H and O–H groups in total. The predicted octanol–water partition coefficient (Wildman–Crippen LogP) is 2.17. The van der Waals surface area contributed by atoms with Crippen molar-refractivity contribution in [2.24, 2.45) is 0 Å². The van der Waals surface area contributed by atoms with Crippen LogP contribution >= 0.6 is 0 Å². The Morgan fingerprint density at radius 1 is 1.44 bits per heavy atom. The monoisotopic (exact) mass is 218 g/mol. The molecule has 16 heavy (non-hydrogen) atoms. The summed E-state index contributed by atoms with van der Waals surface area (Å²) in [7, 11) is 1.59. The second-order valence-electron chi connectivity index (χ2n) is 3.53. The molecule has 0 bridgehead atoms. The number of hydrogen-bond donors (Lipinski definition) is 1. The molecule has 4 heteroatoms. The van der Waals surface area contributed by atoms with Crippen LogP contribution in [0.15, 0.2) is 28.9 Å². The molecule has 1 aliphatic rings. The summed E-state index contributed by atoms with van der Waals surface area (Å²) in [6, 6.07) is 3.62. The summed E-state index contributed by atoms with van der Waals surface area (Å²) < 4.78 is 15.9. The molecule has 3 rings (SSSR count). The average Bonchev–Trinajstić information content (AvgIpc) is 2.77. The van der Waals surface area contributed by atoms with Crippen LogP contribution in [0.4, 0.5) is 0 Å². The zero-order valence-corrected chi connectivity index (χ0v) is 8.64.